The summed E-state index contributed by atoms with van der Waals surface area (Å²) in [6, 6.07) is 24.3. The summed E-state index contributed by atoms with van der Waals surface area (Å²) in [5.74, 6) is -1.75. The fourth-order valence-corrected chi connectivity index (χ4v) is 5.71. The van der Waals surface area contributed by atoms with Crippen molar-refractivity contribution in [2.24, 2.45) is 5.41 Å². The summed E-state index contributed by atoms with van der Waals surface area (Å²) in [4.78, 5) is 38.6. The molecule has 1 aliphatic carbocycles. The predicted octanol–water partition coefficient (Wildman–Crippen LogP) is 4.50. The van der Waals surface area contributed by atoms with Crippen molar-refractivity contribution in [2.75, 3.05) is 26.4 Å². The van der Waals surface area contributed by atoms with Crippen LogP contribution in [-0.4, -0.2) is 61.6 Å². The van der Waals surface area contributed by atoms with E-state index in [1.54, 1.807) is 6.92 Å². The maximum atomic E-state index is 13.6. The number of carboxylic acid groups (broad SMARTS) is 1. The van der Waals surface area contributed by atoms with E-state index in [0.717, 1.165) is 27.8 Å². The molecule has 5 rings (SSSR count). The fourth-order valence-electron chi connectivity index (χ4n) is 5.71. The highest BCUT2D eigenvalue weighted by Crippen LogP contribution is 2.44. The van der Waals surface area contributed by atoms with E-state index >= 15 is 0 Å². The molecule has 1 heterocycles. The lowest BCUT2D eigenvalue weighted by molar-refractivity contribution is -0.150. The second kappa shape index (κ2) is 13.2. The lowest BCUT2D eigenvalue weighted by atomic mass is 9.79. The smallest absolute Gasteiger partial charge is 0.407 e. The van der Waals surface area contributed by atoms with Crippen molar-refractivity contribution >= 4 is 18.0 Å². The molecule has 3 aromatic carbocycles. The number of carbonyl (C=O) groups is 3. The van der Waals surface area contributed by atoms with E-state index in [2.05, 4.69) is 22.8 Å². The number of nitrogens with one attached hydrogen (secondary N) is 2. The summed E-state index contributed by atoms with van der Waals surface area (Å²) in [6.07, 6.45) is -0.772. The van der Waals surface area contributed by atoms with Gasteiger partial charge in [0.2, 0.25) is 5.91 Å². The van der Waals surface area contributed by atoms with Gasteiger partial charge in [-0.3, -0.25) is 4.79 Å². The molecule has 2 aliphatic rings. The van der Waals surface area contributed by atoms with Crippen molar-refractivity contribution in [3.05, 3.63) is 95.6 Å². The largest absolute Gasteiger partial charge is 0.480 e. The summed E-state index contributed by atoms with van der Waals surface area (Å²) >= 11 is 0. The summed E-state index contributed by atoms with van der Waals surface area (Å²) in [5.41, 5.74) is 4.33. The number of amides is 2. The molecule has 0 radical (unpaired) electrons. The molecule has 3 aromatic rings. The molecular weight excluding hydrogens is 536 g/mol. The Balaban J connectivity index is 1.20. The van der Waals surface area contributed by atoms with Crippen LogP contribution in [0.15, 0.2) is 78.9 Å². The van der Waals surface area contributed by atoms with Crippen molar-refractivity contribution < 1.29 is 33.7 Å². The van der Waals surface area contributed by atoms with Gasteiger partial charge < -0.3 is 30.0 Å². The summed E-state index contributed by atoms with van der Waals surface area (Å²) in [5, 5.41) is 15.3. The third-order valence-electron chi connectivity index (χ3n) is 8.22. The standard InChI is InChI=1S/C33H36N2O7/c1-22(41-19-23-9-3-2-4-10-23)29(30(36)37)35-31(38)33(15-17-40-18-16-33)21-34-32(39)42-20-28-26-13-7-5-11-24(26)25-12-6-8-14-27(25)28/h2-14,22,28-29H,15-21H2,1H3,(H,34,39)(H,35,38)(H,36,37). The first kappa shape index (κ1) is 29.3. The Morgan fingerprint density at radius 3 is 2.14 bits per heavy atom. The quantitative estimate of drug-likeness (QED) is 0.309. The summed E-state index contributed by atoms with van der Waals surface area (Å²) < 4.78 is 16.9. The van der Waals surface area contributed by atoms with Crippen LogP contribution in [0, 0.1) is 5.41 Å². The molecule has 1 saturated heterocycles. The van der Waals surface area contributed by atoms with Crippen molar-refractivity contribution in [1.82, 2.24) is 10.6 Å². The maximum absolute atomic E-state index is 13.6. The number of rotatable bonds is 11. The number of benzene rings is 3. The Morgan fingerprint density at radius 2 is 1.52 bits per heavy atom. The highest BCUT2D eigenvalue weighted by molar-refractivity contribution is 5.88. The van der Waals surface area contributed by atoms with E-state index < -0.39 is 35.5 Å². The van der Waals surface area contributed by atoms with Gasteiger partial charge >= 0.3 is 12.1 Å². The van der Waals surface area contributed by atoms with E-state index in [4.69, 9.17) is 14.2 Å². The van der Waals surface area contributed by atoms with Gasteiger partial charge in [-0.2, -0.15) is 0 Å². The topological polar surface area (TPSA) is 123 Å². The predicted molar refractivity (Wildman–Crippen MR) is 156 cm³/mol. The van der Waals surface area contributed by atoms with Crippen molar-refractivity contribution in [1.29, 1.82) is 0 Å². The average Bonchev–Trinajstić information content (AvgIpc) is 3.34. The van der Waals surface area contributed by atoms with E-state index in [1.807, 2.05) is 66.7 Å². The van der Waals surface area contributed by atoms with Gasteiger partial charge in [0, 0.05) is 25.7 Å². The lowest BCUT2D eigenvalue weighted by Crippen LogP contribution is -2.57. The normalized spacial score (nSPS) is 16.9. The third kappa shape index (κ3) is 6.48. The van der Waals surface area contributed by atoms with Gasteiger partial charge in [0.15, 0.2) is 6.04 Å². The van der Waals surface area contributed by atoms with Gasteiger partial charge in [-0.1, -0.05) is 78.9 Å². The molecule has 0 bridgehead atoms. The van der Waals surface area contributed by atoms with Crippen LogP contribution < -0.4 is 10.6 Å². The Kier molecular flexibility index (Phi) is 9.19. The van der Waals surface area contributed by atoms with Crippen LogP contribution in [0.5, 0.6) is 0 Å². The molecule has 1 fully saturated rings. The van der Waals surface area contributed by atoms with Crippen LogP contribution in [-0.2, 0) is 30.4 Å². The second-order valence-corrected chi connectivity index (χ2v) is 10.9. The van der Waals surface area contributed by atoms with Crippen LogP contribution in [0.2, 0.25) is 0 Å². The fraction of sp³-hybridized carbons (Fsp3) is 0.364. The van der Waals surface area contributed by atoms with Gasteiger partial charge in [-0.05, 0) is 47.6 Å². The zero-order chi connectivity index (χ0) is 29.5. The first-order valence-corrected chi connectivity index (χ1v) is 14.2. The minimum Gasteiger partial charge on any atom is -0.480 e. The van der Waals surface area contributed by atoms with E-state index in [1.165, 1.54) is 0 Å². The minimum atomic E-state index is -1.27. The van der Waals surface area contributed by atoms with Crippen LogP contribution in [0.25, 0.3) is 11.1 Å². The van der Waals surface area contributed by atoms with Gasteiger partial charge in [0.25, 0.3) is 0 Å². The first-order chi connectivity index (χ1) is 20.4. The number of carbonyl (C=O) groups excluding carboxylic acids is 2. The lowest BCUT2D eigenvalue weighted by Gasteiger charge is -2.37. The molecule has 9 heteroatoms. The number of fused-ring (bicyclic) bond motifs is 3. The molecule has 9 nitrogen and oxygen atoms in total. The van der Waals surface area contributed by atoms with Crippen LogP contribution in [0.3, 0.4) is 0 Å². The number of ether oxygens (including phenoxy) is 3. The molecular formula is C33H36N2O7. The van der Waals surface area contributed by atoms with Crippen molar-refractivity contribution in [3.8, 4) is 11.1 Å². The molecule has 3 N–H and O–H groups in total. The summed E-state index contributed by atoms with van der Waals surface area (Å²) in [7, 11) is 0. The molecule has 2 amide bonds. The highest BCUT2D eigenvalue weighted by Gasteiger charge is 2.43. The Morgan fingerprint density at radius 1 is 0.929 bits per heavy atom. The number of hydrogen-bond acceptors (Lipinski definition) is 6. The number of alkyl carbamates (subject to hydrolysis) is 1. The Bertz CT molecular complexity index is 1360. The monoisotopic (exact) mass is 572 g/mol. The molecule has 42 heavy (non-hydrogen) atoms. The van der Waals surface area contributed by atoms with Crippen LogP contribution >= 0.6 is 0 Å². The Labute approximate surface area is 245 Å². The van der Waals surface area contributed by atoms with Gasteiger partial charge in [0.1, 0.15) is 6.61 Å². The van der Waals surface area contributed by atoms with Crippen molar-refractivity contribution in [3.63, 3.8) is 0 Å². The SMILES string of the molecule is CC(OCc1ccccc1)C(NC(=O)C1(CNC(=O)OCC2c3ccccc3-c3ccccc32)CCOCC1)C(=O)O. The molecule has 0 aromatic heterocycles. The van der Waals surface area contributed by atoms with E-state index in [-0.39, 0.29) is 25.7 Å². The highest BCUT2D eigenvalue weighted by atomic mass is 16.5. The van der Waals surface area contributed by atoms with E-state index in [0.29, 0.717) is 26.1 Å². The zero-order valence-corrected chi connectivity index (χ0v) is 23.6. The molecule has 0 saturated carbocycles. The summed E-state index contributed by atoms with van der Waals surface area (Å²) in [6.45, 7) is 2.61. The Hall–Kier alpha value is -4.21. The second-order valence-electron chi connectivity index (χ2n) is 10.9. The number of hydrogen-bond donors (Lipinski definition) is 3. The zero-order valence-electron chi connectivity index (χ0n) is 23.6. The van der Waals surface area contributed by atoms with Gasteiger partial charge in [-0.25, -0.2) is 9.59 Å². The first-order valence-electron chi connectivity index (χ1n) is 14.2. The molecule has 2 unspecified atom stereocenters. The molecule has 0 spiro atoms. The number of aliphatic carboxylic acids is 1. The third-order valence-corrected chi connectivity index (χ3v) is 8.22. The van der Waals surface area contributed by atoms with Gasteiger partial charge in [0.05, 0.1) is 18.1 Å². The van der Waals surface area contributed by atoms with E-state index in [9.17, 15) is 19.5 Å². The molecule has 2 atom stereocenters. The molecule has 1 aliphatic heterocycles. The average molecular weight is 573 g/mol. The maximum Gasteiger partial charge on any atom is 0.407 e. The molecule has 220 valence electrons. The number of carboxylic acids is 1. The van der Waals surface area contributed by atoms with Crippen LogP contribution in [0.4, 0.5) is 4.79 Å². The van der Waals surface area contributed by atoms with Gasteiger partial charge in [-0.15, -0.1) is 0 Å². The van der Waals surface area contributed by atoms with Crippen molar-refractivity contribution in [2.45, 2.75) is 44.4 Å². The minimum absolute atomic E-state index is 0.00946. The van der Waals surface area contributed by atoms with Crippen LogP contribution in [0.1, 0.15) is 42.4 Å².